The number of Topliss-reactive ketones (excluding diaryl/α,β-unsaturated/α-hetero) is 2. The summed E-state index contributed by atoms with van der Waals surface area (Å²) < 4.78 is 82.6. The molecule has 0 aliphatic rings. The van der Waals surface area contributed by atoms with Crippen molar-refractivity contribution < 1.29 is 55.4 Å². The van der Waals surface area contributed by atoms with Crippen LogP contribution in [-0.2, 0) is 12.8 Å². The van der Waals surface area contributed by atoms with Crippen LogP contribution in [0.3, 0.4) is 0 Å². The first-order chi connectivity index (χ1) is 36.1. The summed E-state index contributed by atoms with van der Waals surface area (Å²) in [5, 5.41) is 10.5. The Morgan fingerprint density at radius 3 is 1.15 bits per heavy atom. The van der Waals surface area contributed by atoms with Gasteiger partial charge in [-0.2, -0.15) is 0 Å². The van der Waals surface area contributed by atoms with Crippen molar-refractivity contribution in [2.75, 3.05) is 5.73 Å². The number of carboxylic acids is 1. The predicted octanol–water partition coefficient (Wildman–Crippen LogP) is 19.7. The van der Waals surface area contributed by atoms with E-state index in [4.69, 9.17) is 10.8 Å². The molecule has 0 radical (unpaired) electrons. The van der Waals surface area contributed by atoms with Crippen LogP contribution in [-0.4, -0.2) is 53.6 Å². The third-order valence-corrected chi connectivity index (χ3v) is 26.8. The van der Waals surface area contributed by atoms with Crippen LogP contribution in [0.15, 0.2) is 102 Å². The molecule has 0 aliphatic heterocycles. The summed E-state index contributed by atoms with van der Waals surface area (Å²) in [5.41, 5.74) is 8.86. The molecule has 0 saturated carbocycles. The zero-order valence-electron chi connectivity index (χ0n) is 42.0. The van der Waals surface area contributed by atoms with Crippen LogP contribution in [0.5, 0.6) is 0 Å². The molecule has 0 spiro atoms. The van der Waals surface area contributed by atoms with Gasteiger partial charge in [0.25, 0.3) is 0 Å². The smallest absolute Gasteiger partial charge is 0.346 e. The molecule has 0 saturated heterocycles. The van der Waals surface area contributed by atoms with E-state index in [9.17, 15) is 50.3 Å². The van der Waals surface area contributed by atoms with Crippen molar-refractivity contribution in [1.29, 1.82) is 0 Å². The number of aryl methyl sites for hydroxylation is 5. The Labute approximate surface area is 514 Å². The molecule has 0 fully saturated rings. The molecule has 3 N–H and O–H groups in total. The van der Waals surface area contributed by atoms with Crippen molar-refractivity contribution in [2.45, 2.75) is 69.7 Å². The zero-order chi connectivity index (χ0) is 58.5. The Hall–Kier alpha value is -3.11. The Balaban J connectivity index is 0.000000483. The minimum absolute atomic E-state index is 0. The molecule has 8 aromatic rings. The van der Waals surface area contributed by atoms with Crippen molar-refractivity contribution in [3.63, 3.8) is 0 Å². The molecule has 0 unspecified atom stereocenters. The number of ketones is 2. The number of halogens is 11. The SMILES string of the molecule is BrBr.C.Cc1c[c]([Sn]([CH3])([CH3])[CH3])sc1C(=O)Cc1c(F)cccc1F.Cc1cc(Br)sc1C(=O)Cc1c(F)cccc1F.Cc1cc(Br)sc1C(=O)O.Cc1cc(Br)sc1C=O.Cc1ccsc1C=O.Nc1c(F)cccc1F. The normalized spacial score (nSPS) is 10.1. The van der Waals surface area contributed by atoms with Crippen LogP contribution in [0, 0.1) is 69.5 Å². The van der Waals surface area contributed by atoms with E-state index in [1.165, 1.54) is 89.9 Å². The fraction of sp³-hybridized carbons (Fsp3) is 0.204. The first kappa shape index (κ1) is 72.9. The van der Waals surface area contributed by atoms with Gasteiger partial charge in [-0.25, -0.2) is 22.4 Å². The van der Waals surface area contributed by atoms with E-state index in [0.717, 1.165) is 85.8 Å². The molecule has 0 atom stereocenters. The number of nitrogens with two attached hydrogens (primary N) is 1. The standard InChI is InChI=1S/C13H9BrF2OS.C13H9F2OS.C6H5BrO2S.C6H5BrOS.C6H5F2N.C6H6OS.CH4.3CH3.Br2.Sn/c1-7-5-12(14)18-13(7)11(17)6-8-9(15)3-2-4-10(8)16;1-8-5-6-17-13(8)12(16)7-9-10(14)3-2-4-11(9)15;1-3-2-4(7)10-5(3)6(8)9;1-4-2-6(7)9-5(4)3-8;7-4-2-1-3-5(8)6(4)9;1-5-2-3-8-6(5)4-7;;;;;1-2;/h2-5H,6H2,1H3;2-5H,7H2,1H3;2H,1H3,(H,8,9);2-3H,1H3;1-3H,9H2;2-4H,1H3;1H4;3*1H3;;. The number of carbonyl (C=O) groups excluding carboxylic acids is 4. The van der Waals surface area contributed by atoms with E-state index in [2.05, 4.69) is 96.9 Å². The van der Waals surface area contributed by atoms with E-state index in [1.807, 2.05) is 44.4 Å². The Morgan fingerprint density at radius 2 is 0.897 bits per heavy atom. The van der Waals surface area contributed by atoms with Crippen LogP contribution >= 0.6 is 133 Å². The first-order valence-corrected chi connectivity index (χ1v) is 42.1. The number of anilines is 1. The number of thiophene rings is 5. The second-order valence-corrected chi connectivity index (χ2v) is 41.6. The van der Waals surface area contributed by atoms with Gasteiger partial charge >= 0.3 is 138 Å². The topological polar surface area (TPSA) is 132 Å². The maximum atomic E-state index is 13.6. The van der Waals surface area contributed by atoms with Crippen molar-refractivity contribution in [3.05, 3.63) is 200 Å². The number of para-hydroxylation sites is 1. The summed E-state index contributed by atoms with van der Waals surface area (Å²) in [5.74, 6) is -5.44. The van der Waals surface area contributed by atoms with Gasteiger partial charge < -0.3 is 10.8 Å². The molecule has 0 aliphatic carbocycles. The molecule has 7 nitrogen and oxygen atoms in total. The van der Waals surface area contributed by atoms with Gasteiger partial charge in [-0.05, 0) is 152 Å². The number of aldehydes is 2. The van der Waals surface area contributed by atoms with Gasteiger partial charge in [-0.15, -0.1) is 45.3 Å². The minimum atomic E-state index is -2.22. The fourth-order valence-electron chi connectivity index (χ4n) is 5.98. The second-order valence-electron chi connectivity index (χ2n) is 16.8. The number of hydrogen-bond acceptors (Lipinski definition) is 11. The molecule has 5 heterocycles. The first-order valence-electron chi connectivity index (χ1n) is 21.9. The molecule has 24 heteroatoms. The van der Waals surface area contributed by atoms with Crippen molar-refractivity contribution in [3.8, 4) is 0 Å². The van der Waals surface area contributed by atoms with Crippen LogP contribution < -0.4 is 8.63 Å². The number of carbonyl (C=O) groups is 5. The zero-order valence-corrected chi connectivity index (χ0v) is 56.9. The van der Waals surface area contributed by atoms with Crippen LogP contribution in [0.1, 0.15) is 94.7 Å². The minimum Gasteiger partial charge on any atom is -0.477 e. The summed E-state index contributed by atoms with van der Waals surface area (Å²) in [6.07, 6.45) is 1.29. The summed E-state index contributed by atoms with van der Waals surface area (Å²) in [4.78, 5) is 65.2. The Bertz CT molecular complexity index is 3220. The predicted molar refractivity (Wildman–Crippen MR) is 333 cm³/mol. The maximum absolute atomic E-state index is 13.6. The van der Waals surface area contributed by atoms with E-state index in [-0.39, 0.29) is 43.0 Å². The molecule has 3 aromatic carbocycles. The Kier molecular flexibility index (Phi) is 33.3. The summed E-state index contributed by atoms with van der Waals surface area (Å²) in [6, 6.07) is 20.3. The summed E-state index contributed by atoms with van der Waals surface area (Å²) in [6.45, 7) is 9.32. The number of benzene rings is 3. The van der Waals surface area contributed by atoms with Gasteiger partial charge in [0.1, 0.15) is 33.8 Å². The van der Waals surface area contributed by atoms with Gasteiger partial charge in [0, 0.05) is 40.2 Å². The van der Waals surface area contributed by atoms with Gasteiger partial charge in [0.15, 0.2) is 18.4 Å². The van der Waals surface area contributed by atoms with Gasteiger partial charge in [-0.1, -0.05) is 19.6 Å². The number of aromatic carboxylic acids is 1. The van der Waals surface area contributed by atoms with E-state index in [0.29, 0.717) is 14.6 Å². The van der Waals surface area contributed by atoms with Gasteiger partial charge in [0.2, 0.25) is 0 Å². The van der Waals surface area contributed by atoms with Crippen molar-refractivity contribution >= 4 is 190 Å². The van der Waals surface area contributed by atoms with Gasteiger partial charge in [0.05, 0.1) is 26.0 Å². The van der Waals surface area contributed by atoms with Crippen molar-refractivity contribution in [2.24, 2.45) is 0 Å². The number of rotatable bonds is 10. The van der Waals surface area contributed by atoms with Crippen LogP contribution in [0.25, 0.3) is 0 Å². The molecule has 0 amide bonds. The van der Waals surface area contributed by atoms with E-state index >= 15 is 0 Å². The summed E-state index contributed by atoms with van der Waals surface area (Å²) in [7, 11) is 0. The number of carboxylic acid groups (broad SMARTS) is 1. The second kappa shape index (κ2) is 35.7. The van der Waals surface area contributed by atoms with Gasteiger partial charge in [-0.3, -0.25) is 14.4 Å². The van der Waals surface area contributed by atoms with Crippen molar-refractivity contribution in [1.82, 2.24) is 0 Å². The average molecular weight is 1600 g/mol. The molecular formula is C54H52Br5F6NO6S5Sn. The van der Waals surface area contributed by atoms with Crippen LogP contribution in [0.2, 0.25) is 14.8 Å². The third-order valence-electron chi connectivity index (χ3n) is 9.97. The largest absolute Gasteiger partial charge is 0.477 e. The monoisotopic (exact) mass is 1600 g/mol. The molecule has 78 heavy (non-hydrogen) atoms. The quantitative estimate of drug-likeness (QED) is 0.0458. The number of nitrogen functional groups attached to an aromatic ring is 1. The van der Waals surface area contributed by atoms with E-state index < -0.39 is 64.9 Å². The molecular weight excluding hydrogens is 1550 g/mol. The molecule has 5 aromatic heterocycles. The Morgan fingerprint density at radius 1 is 0.538 bits per heavy atom. The summed E-state index contributed by atoms with van der Waals surface area (Å²) >= 11 is 20.0. The average Bonchev–Trinajstić information content (AvgIpc) is 4.20. The molecule has 420 valence electrons. The molecule has 0 bridgehead atoms. The molecule has 8 rings (SSSR count). The van der Waals surface area contributed by atoms with E-state index in [1.54, 1.807) is 19.9 Å². The maximum Gasteiger partial charge on any atom is 0.346 e. The van der Waals surface area contributed by atoms with Crippen LogP contribution in [0.4, 0.5) is 32.0 Å². The fourth-order valence-corrected chi connectivity index (χ4v) is 18.0. The third kappa shape index (κ3) is 23.4. The number of hydrogen-bond donors (Lipinski definition) is 2.